The summed E-state index contributed by atoms with van der Waals surface area (Å²) in [7, 11) is 0. The highest BCUT2D eigenvalue weighted by molar-refractivity contribution is 5.81. The topological polar surface area (TPSA) is 29.1 Å². The first-order valence-corrected chi connectivity index (χ1v) is 8.44. The van der Waals surface area contributed by atoms with Gasteiger partial charge >= 0.3 is 0 Å². The predicted octanol–water partition coefficient (Wildman–Crippen LogP) is 4.95. The molecular weight excluding hydrogens is 294 g/mol. The maximum absolute atomic E-state index is 12.8. The summed E-state index contributed by atoms with van der Waals surface area (Å²) >= 11 is 0. The van der Waals surface area contributed by atoms with Crippen LogP contribution in [-0.4, -0.2) is 5.91 Å². The summed E-state index contributed by atoms with van der Waals surface area (Å²) in [6, 6.07) is 18.3. The molecule has 0 unspecified atom stereocenters. The molecule has 0 saturated heterocycles. The number of allylic oxidation sites excluding steroid dienone is 1. The molecule has 2 nitrogen and oxygen atoms in total. The van der Waals surface area contributed by atoms with Crippen molar-refractivity contribution in [2.45, 2.75) is 39.2 Å². The molecule has 0 heterocycles. The van der Waals surface area contributed by atoms with Crippen molar-refractivity contribution in [3.05, 3.63) is 83.9 Å². The van der Waals surface area contributed by atoms with Gasteiger partial charge in [-0.3, -0.25) is 4.79 Å². The van der Waals surface area contributed by atoms with Gasteiger partial charge in [0.05, 0.1) is 6.04 Å². The maximum atomic E-state index is 12.8. The Morgan fingerprint density at radius 3 is 2.21 bits per heavy atom. The van der Waals surface area contributed by atoms with Crippen molar-refractivity contribution >= 4 is 5.91 Å². The summed E-state index contributed by atoms with van der Waals surface area (Å²) in [5.41, 5.74) is 3.01. The summed E-state index contributed by atoms with van der Waals surface area (Å²) < 4.78 is 0. The van der Waals surface area contributed by atoms with E-state index in [-0.39, 0.29) is 17.9 Å². The third-order valence-electron chi connectivity index (χ3n) is 5.05. The number of aryl methyl sites for hydroxylation is 1. The Labute approximate surface area is 145 Å². The van der Waals surface area contributed by atoms with Crippen LogP contribution in [0.1, 0.15) is 43.5 Å². The quantitative estimate of drug-likeness (QED) is 0.749. The highest BCUT2D eigenvalue weighted by Gasteiger charge is 2.35. The number of rotatable bonds is 6. The normalized spacial score (nSPS) is 15.8. The Morgan fingerprint density at radius 1 is 1.08 bits per heavy atom. The second-order valence-electron chi connectivity index (χ2n) is 6.72. The molecule has 0 fully saturated rings. The summed E-state index contributed by atoms with van der Waals surface area (Å²) in [5, 5.41) is 3.13. The first kappa shape index (κ1) is 18.0. The summed E-state index contributed by atoms with van der Waals surface area (Å²) in [6.07, 6.45) is 1.88. The van der Waals surface area contributed by atoms with Crippen LogP contribution >= 0.6 is 0 Å². The summed E-state index contributed by atoms with van der Waals surface area (Å²) in [5.74, 6) is -0.182. The monoisotopic (exact) mass is 321 g/mol. The van der Waals surface area contributed by atoms with E-state index in [4.69, 9.17) is 0 Å². The zero-order valence-corrected chi connectivity index (χ0v) is 15.0. The van der Waals surface area contributed by atoms with Crippen molar-refractivity contribution in [2.24, 2.45) is 5.92 Å². The zero-order chi connectivity index (χ0) is 17.7. The molecule has 0 aliphatic carbocycles. The molecule has 2 heteroatoms. The molecule has 0 aliphatic rings. The van der Waals surface area contributed by atoms with Crippen molar-refractivity contribution in [2.75, 3.05) is 0 Å². The molecule has 0 spiro atoms. The highest BCUT2D eigenvalue weighted by atomic mass is 16.1. The van der Waals surface area contributed by atoms with Gasteiger partial charge < -0.3 is 5.32 Å². The number of hydrogen-bond acceptors (Lipinski definition) is 1. The van der Waals surface area contributed by atoms with Gasteiger partial charge in [-0.2, -0.15) is 0 Å². The number of nitrogens with one attached hydrogen (secondary N) is 1. The standard InChI is InChI=1S/C22H27NO/c1-6-22(5,20-14-12-16(2)13-15-20)17(3)21(24)23-18(4)19-10-8-7-9-11-19/h6-15,17-18H,1H2,2-5H3,(H,23,24)/t17-,18-,22-/m1/s1. The fourth-order valence-electron chi connectivity index (χ4n) is 2.89. The van der Waals surface area contributed by atoms with Crippen molar-refractivity contribution < 1.29 is 4.79 Å². The molecule has 2 aromatic rings. The van der Waals surface area contributed by atoms with E-state index in [0.717, 1.165) is 11.1 Å². The lowest BCUT2D eigenvalue weighted by molar-refractivity contribution is -0.126. The third-order valence-corrected chi connectivity index (χ3v) is 5.05. The minimum atomic E-state index is -0.409. The lowest BCUT2D eigenvalue weighted by atomic mass is 9.72. The van der Waals surface area contributed by atoms with Crippen LogP contribution in [0.5, 0.6) is 0 Å². The average Bonchev–Trinajstić information content (AvgIpc) is 2.61. The predicted molar refractivity (Wildman–Crippen MR) is 101 cm³/mol. The van der Waals surface area contributed by atoms with E-state index in [1.54, 1.807) is 0 Å². The van der Waals surface area contributed by atoms with Crippen molar-refractivity contribution in [3.63, 3.8) is 0 Å². The number of hydrogen-bond donors (Lipinski definition) is 1. The zero-order valence-electron chi connectivity index (χ0n) is 15.0. The molecule has 0 saturated carbocycles. The molecule has 2 aromatic carbocycles. The Kier molecular flexibility index (Phi) is 5.61. The Morgan fingerprint density at radius 2 is 1.67 bits per heavy atom. The van der Waals surface area contributed by atoms with Crippen LogP contribution in [0.25, 0.3) is 0 Å². The summed E-state index contributed by atoms with van der Waals surface area (Å²) in [6.45, 7) is 12.1. The van der Waals surface area contributed by atoms with Crippen LogP contribution in [-0.2, 0) is 10.2 Å². The molecule has 0 aliphatic heterocycles. The number of benzene rings is 2. The van der Waals surface area contributed by atoms with Gasteiger partial charge in [0.1, 0.15) is 0 Å². The van der Waals surface area contributed by atoms with Gasteiger partial charge in [0.2, 0.25) is 5.91 Å². The van der Waals surface area contributed by atoms with Gasteiger partial charge in [0.25, 0.3) is 0 Å². The molecule has 0 radical (unpaired) electrons. The van der Waals surface area contributed by atoms with Crippen LogP contribution in [0.15, 0.2) is 67.3 Å². The molecule has 1 amide bonds. The minimum absolute atomic E-state index is 0.0202. The smallest absolute Gasteiger partial charge is 0.224 e. The van der Waals surface area contributed by atoms with E-state index in [2.05, 4.69) is 50.0 Å². The Hall–Kier alpha value is -2.35. The highest BCUT2D eigenvalue weighted by Crippen LogP contribution is 2.34. The van der Waals surface area contributed by atoms with Crippen LogP contribution in [0.2, 0.25) is 0 Å². The van der Waals surface area contributed by atoms with Crippen LogP contribution < -0.4 is 5.32 Å². The van der Waals surface area contributed by atoms with Gasteiger partial charge in [0.15, 0.2) is 0 Å². The third kappa shape index (κ3) is 3.76. The minimum Gasteiger partial charge on any atom is -0.349 e. The fourth-order valence-corrected chi connectivity index (χ4v) is 2.89. The van der Waals surface area contributed by atoms with Crippen molar-refractivity contribution in [1.29, 1.82) is 0 Å². The second kappa shape index (κ2) is 7.48. The number of carbonyl (C=O) groups excluding carboxylic acids is 1. The number of carbonyl (C=O) groups is 1. The van der Waals surface area contributed by atoms with E-state index in [1.807, 2.05) is 50.3 Å². The van der Waals surface area contributed by atoms with Gasteiger partial charge in [-0.1, -0.05) is 80.1 Å². The van der Waals surface area contributed by atoms with Crippen LogP contribution in [0.3, 0.4) is 0 Å². The molecule has 0 aromatic heterocycles. The molecule has 1 N–H and O–H groups in total. The Bertz CT molecular complexity index is 690. The van der Waals surface area contributed by atoms with E-state index in [1.165, 1.54) is 5.56 Å². The van der Waals surface area contributed by atoms with Gasteiger partial charge in [-0.05, 0) is 25.0 Å². The molecule has 126 valence electrons. The largest absolute Gasteiger partial charge is 0.349 e. The first-order chi connectivity index (χ1) is 11.4. The van der Waals surface area contributed by atoms with E-state index in [0.29, 0.717) is 0 Å². The fraction of sp³-hybridized carbons (Fsp3) is 0.318. The molecular formula is C22H27NO. The maximum Gasteiger partial charge on any atom is 0.224 e. The second-order valence-corrected chi connectivity index (χ2v) is 6.72. The van der Waals surface area contributed by atoms with Crippen molar-refractivity contribution in [1.82, 2.24) is 5.32 Å². The Balaban J connectivity index is 2.18. The van der Waals surface area contributed by atoms with E-state index >= 15 is 0 Å². The number of amides is 1. The lowest BCUT2D eigenvalue weighted by Gasteiger charge is -2.33. The van der Waals surface area contributed by atoms with E-state index < -0.39 is 5.41 Å². The van der Waals surface area contributed by atoms with Gasteiger partial charge in [0, 0.05) is 11.3 Å². The van der Waals surface area contributed by atoms with Crippen LogP contribution in [0.4, 0.5) is 0 Å². The van der Waals surface area contributed by atoms with E-state index in [9.17, 15) is 4.79 Å². The van der Waals surface area contributed by atoms with Crippen LogP contribution in [0, 0.1) is 12.8 Å². The SMILES string of the molecule is C=C[C@@](C)(c1ccc(C)cc1)[C@H](C)C(=O)N[C@H](C)c1ccccc1. The summed E-state index contributed by atoms with van der Waals surface area (Å²) in [4.78, 5) is 12.8. The molecule has 0 bridgehead atoms. The lowest BCUT2D eigenvalue weighted by Crippen LogP contribution is -2.41. The van der Waals surface area contributed by atoms with Gasteiger partial charge in [-0.25, -0.2) is 0 Å². The molecule has 2 rings (SSSR count). The van der Waals surface area contributed by atoms with Gasteiger partial charge in [-0.15, -0.1) is 6.58 Å². The molecule has 24 heavy (non-hydrogen) atoms. The van der Waals surface area contributed by atoms with Crippen molar-refractivity contribution in [3.8, 4) is 0 Å². The molecule has 3 atom stereocenters. The average molecular weight is 321 g/mol. The first-order valence-electron chi connectivity index (χ1n) is 8.44.